The maximum Gasteiger partial charge on any atom is 0.128 e. The van der Waals surface area contributed by atoms with Crippen LogP contribution in [0.3, 0.4) is 0 Å². The summed E-state index contributed by atoms with van der Waals surface area (Å²) >= 11 is 7.48. The Morgan fingerprint density at radius 3 is 2.82 bits per heavy atom. The molecule has 2 aromatic rings. The van der Waals surface area contributed by atoms with Crippen LogP contribution in [-0.2, 0) is 13.0 Å². The molecule has 0 aliphatic heterocycles. The van der Waals surface area contributed by atoms with Gasteiger partial charge in [-0.15, -0.1) is 11.3 Å². The van der Waals surface area contributed by atoms with Gasteiger partial charge in [0.15, 0.2) is 0 Å². The average Bonchev–Trinajstić information content (AvgIpc) is 2.64. The van der Waals surface area contributed by atoms with Crippen LogP contribution in [0.5, 0.6) is 0 Å². The van der Waals surface area contributed by atoms with Gasteiger partial charge in [-0.05, 0) is 19.1 Å². The second kappa shape index (κ2) is 5.12. The Kier molecular flexibility index (Phi) is 3.76. The number of nitrogens with two attached hydrogens (primary N) is 1. The molecule has 0 atom stereocenters. The third-order valence-corrected chi connectivity index (χ3v) is 4.05. The highest BCUT2D eigenvalue weighted by Crippen LogP contribution is 2.25. The van der Waals surface area contributed by atoms with Crippen molar-refractivity contribution in [3.63, 3.8) is 0 Å². The van der Waals surface area contributed by atoms with Crippen LogP contribution in [0, 0.1) is 12.7 Å². The molecule has 0 fully saturated rings. The van der Waals surface area contributed by atoms with E-state index in [9.17, 15) is 4.39 Å². The highest BCUT2D eigenvalue weighted by molar-refractivity contribution is 7.11. The molecule has 0 aliphatic rings. The van der Waals surface area contributed by atoms with Gasteiger partial charge in [-0.1, -0.05) is 17.7 Å². The van der Waals surface area contributed by atoms with Crippen LogP contribution in [0.1, 0.15) is 21.1 Å². The van der Waals surface area contributed by atoms with Gasteiger partial charge in [0, 0.05) is 28.4 Å². The van der Waals surface area contributed by atoms with E-state index in [0.29, 0.717) is 23.6 Å². The van der Waals surface area contributed by atoms with Gasteiger partial charge in [-0.3, -0.25) is 0 Å². The Hall–Kier alpha value is -0.970. The minimum absolute atomic E-state index is 0.292. The summed E-state index contributed by atoms with van der Waals surface area (Å²) < 4.78 is 13.6. The van der Waals surface area contributed by atoms with Crippen molar-refractivity contribution in [2.24, 2.45) is 5.73 Å². The first-order chi connectivity index (χ1) is 8.11. The quantitative estimate of drug-likeness (QED) is 0.929. The van der Waals surface area contributed by atoms with E-state index in [1.807, 2.05) is 6.92 Å². The molecule has 1 aromatic heterocycles. The van der Waals surface area contributed by atoms with Crippen molar-refractivity contribution < 1.29 is 4.39 Å². The Morgan fingerprint density at radius 2 is 2.24 bits per heavy atom. The second-order valence-corrected chi connectivity index (χ2v) is 5.27. The monoisotopic (exact) mass is 270 g/mol. The molecule has 0 spiro atoms. The number of benzene rings is 1. The van der Waals surface area contributed by atoms with Crippen molar-refractivity contribution in [2.75, 3.05) is 0 Å². The number of aryl methyl sites for hydroxylation is 1. The van der Waals surface area contributed by atoms with Crippen LogP contribution < -0.4 is 5.73 Å². The van der Waals surface area contributed by atoms with Crippen LogP contribution in [-0.4, -0.2) is 4.98 Å². The summed E-state index contributed by atoms with van der Waals surface area (Å²) in [7, 11) is 0. The summed E-state index contributed by atoms with van der Waals surface area (Å²) in [6, 6.07) is 4.69. The third-order valence-electron chi connectivity index (χ3n) is 2.51. The molecule has 0 amide bonds. The summed E-state index contributed by atoms with van der Waals surface area (Å²) in [5.41, 5.74) is 7.00. The summed E-state index contributed by atoms with van der Waals surface area (Å²) in [6.45, 7) is 2.37. The fourth-order valence-corrected chi connectivity index (χ4v) is 2.80. The number of hydrogen-bond acceptors (Lipinski definition) is 3. The molecule has 0 radical (unpaired) electrons. The van der Waals surface area contributed by atoms with Gasteiger partial charge in [-0.2, -0.15) is 0 Å². The largest absolute Gasteiger partial charge is 0.326 e. The van der Waals surface area contributed by atoms with Crippen molar-refractivity contribution in [3.8, 4) is 0 Å². The Balaban J connectivity index is 2.31. The fraction of sp³-hybridized carbons (Fsp3) is 0.250. The van der Waals surface area contributed by atoms with E-state index in [2.05, 4.69) is 4.98 Å². The van der Waals surface area contributed by atoms with E-state index in [1.54, 1.807) is 12.1 Å². The van der Waals surface area contributed by atoms with Gasteiger partial charge >= 0.3 is 0 Å². The van der Waals surface area contributed by atoms with Crippen LogP contribution in [0.25, 0.3) is 0 Å². The first-order valence-corrected chi connectivity index (χ1v) is 6.39. The normalized spacial score (nSPS) is 10.8. The molecular weight excluding hydrogens is 259 g/mol. The molecule has 0 unspecified atom stereocenters. The molecule has 0 aliphatic carbocycles. The number of hydrogen-bond donors (Lipinski definition) is 1. The Bertz CT molecular complexity index is 519. The Morgan fingerprint density at radius 1 is 1.47 bits per heavy atom. The molecule has 5 heteroatoms. The summed E-state index contributed by atoms with van der Waals surface area (Å²) in [6.07, 6.45) is 0.414. The first-order valence-electron chi connectivity index (χ1n) is 5.20. The van der Waals surface area contributed by atoms with Gasteiger partial charge in [0.2, 0.25) is 0 Å². The van der Waals surface area contributed by atoms with Crippen molar-refractivity contribution in [1.82, 2.24) is 4.98 Å². The topological polar surface area (TPSA) is 38.9 Å². The minimum Gasteiger partial charge on any atom is -0.326 e. The fourth-order valence-electron chi connectivity index (χ4n) is 1.61. The summed E-state index contributed by atoms with van der Waals surface area (Å²) in [5.74, 6) is -0.292. The van der Waals surface area contributed by atoms with E-state index in [-0.39, 0.29) is 5.82 Å². The predicted molar refractivity (Wildman–Crippen MR) is 69.0 cm³/mol. The zero-order chi connectivity index (χ0) is 12.4. The highest BCUT2D eigenvalue weighted by Gasteiger charge is 2.12. The standard InChI is InChI=1S/C12H12ClFN2S/c1-7-11(6-15)17-12(16-7)5-8-9(13)3-2-4-10(8)14/h2-4H,5-6,15H2,1H3. The lowest BCUT2D eigenvalue weighted by Gasteiger charge is -2.02. The summed E-state index contributed by atoms with van der Waals surface area (Å²) in [4.78, 5) is 5.41. The van der Waals surface area contributed by atoms with E-state index in [1.165, 1.54) is 17.4 Å². The van der Waals surface area contributed by atoms with E-state index in [0.717, 1.165) is 15.6 Å². The van der Waals surface area contributed by atoms with Crippen LogP contribution in [0.15, 0.2) is 18.2 Å². The molecule has 17 heavy (non-hydrogen) atoms. The van der Waals surface area contributed by atoms with Crippen LogP contribution in [0.4, 0.5) is 4.39 Å². The molecule has 1 heterocycles. The smallest absolute Gasteiger partial charge is 0.128 e. The number of aromatic nitrogens is 1. The molecule has 2 rings (SSSR count). The van der Waals surface area contributed by atoms with Crippen molar-refractivity contribution in [1.29, 1.82) is 0 Å². The third kappa shape index (κ3) is 2.65. The van der Waals surface area contributed by atoms with Gasteiger partial charge < -0.3 is 5.73 Å². The van der Waals surface area contributed by atoms with Crippen molar-refractivity contribution >= 4 is 22.9 Å². The van der Waals surface area contributed by atoms with Gasteiger partial charge in [-0.25, -0.2) is 9.37 Å². The number of nitrogens with zero attached hydrogens (tertiary/aromatic N) is 1. The maximum absolute atomic E-state index is 13.6. The Labute approximate surface area is 108 Å². The molecular formula is C12H12ClFN2S. The lowest BCUT2D eigenvalue weighted by Crippen LogP contribution is -1.94. The maximum atomic E-state index is 13.6. The summed E-state index contributed by atoms with van der Waals surface area (Å²) in [5, 5.41) is 1.28. The minimum atomic E-state index is -0.292. The molecule has 0 saturated carbocycles. The zero-order valence-corrected chi connectivity index (χ0v) is 10.9. The van der Waals surface area contributed by atoms with E-state index < -0.39 is 0 Å². The highest BCUT2D eigenvalue weighted by atomic mass is 35.5. The molecule has 2 nitrogen and oxygen atoms in total. The van der Waals surface area contributed by atoms with Gasteiger partial charge in [0.05, 0.1) is 10.7 Å². The molecule has 0 saturated heterocycles. The molecule has 2 N–H and O–H groups in total. The van der Waals surface area contributed by atoms with Crippen molar-refractivity contribution in [2.45, 2.75) is 19.9 Å². The zero-order valence-electron chi connectivity index (χ0n) is 9.34. The van der Waals surface area contributed by atoms with Gasteiger partial charge in [0.1, 0.15) is 5.82 Å². The molecule has 1 aromatic carbocycles. The lowest BCUT2D eigenvalue weighted by atomic mass is 10.1. The SMILES string of the molecule is Cc1nc(Cc2c(F)cccc2Cl)sc1CN. The number of halogens is 2. The number of rotatable bonds is 3. The second-order valence-electron chi connectivity index (χ2n) is 3.70. The first kappa shape index (κ1) is 12.5. The molecule has 0 bridgehead atoms. The van der Waals surface area contributed by atoms with Crippen LogP contribution >= 0.6 is 22.9 Å². The molecule has 90 valence electrons. The van der Waals surface area contributed by atoms with Crippen LogP contribution in [0.2, 0.25) is 5.02 Å². The van der Waals surface area contributed by atoms with E-state index in [4.69, 9.17) is 17.3 Å². The van der Waals surface area contributed by atoms with Crippen molar-refractivity contribution in [3.05, 3.63) is 50.2 Å². The predicted octanol–water partition coefficient (Wildman–Crippen LogP) is 3.29. The van der Waals surface area contributed by atoms with Gasteiger partial charge in [0.25, 0.3) is 0 Å². The number of thiazole rings is 1. The average molecular weight is 271 g/mol. The van der Waals surface area contributed by atoms with E-state index >= 15 is 0 Å². The lowest BCUT2D eigenvalue weighted by molar-refractivity contribution is 0.614.